The lowest BCUT2D eigenvalue weighted by Crippen LogP contribution is -2.45. The largest absolute Gasteiger partial charge is 0.355 e. The zero-order valence-corrected chi connectivity index (χ0v) is 13.2. The average Bonchev–Trinajstić information content (AvgIpc) is 2.54. The smallest absolute Gasteiger partial charge is 0.234 e. The van der Waals surface area contributed by atoms with Gasteiger partial charge in [0.1, 0.15) is 0 Å². The number of carbonyl (C=O) groups excluding carboxylic acids is 2. The standard InChI is InChI=1S/C17H25N3O2/c1-2-10-18-16(21)13-20-11-6-7-14(12-20)17(22)19-15-8-4-3-5-9-15/h3-5,8-9,14H,2,6-7,10-13H2,1H3,(H,18,21)(H,19,22). The molecule has 0 aliphatic carbocycles. The topological polar surface area (TPSA) is 61.4 Å². The van der Waals surface area contributed by atoms with E-state index in [1.807, 2.05) is 37.3 Å². The molecule has 2 amide bonds. The van der Waals surface area contributed by atoms with Crippen LogP contribution in [0, 0.1) is 5.92 Å². The van der Waals surface area contributed by atoms with Crippen LogP contribution in [0.1, 0.15) is 26.2 Å². The summed E-state index contributed by atoms with van der Waals surface area (Å²) in [7, 11) is 0. The number of anilines is 1. The second-order valence-corrected chi connectivity index (χ2v) is 5.78. The molecule has 2 N–H and O–H groups in total. The normalized spacial score (nSPS) is 18.7. The molecule has 120 valence electrons. The number of piperidine rings is 1. The molecule has 1 unspecified atom stereocenters. The lowest BCUT2D eigenvalue weighted by atomic mass is 9.97. The van der Waals surface area contributed by atoms with Gasteiger partial charge in [-0.2, -0.15) is 0 Å². The molecule has 1 atom stereocenters. The number of rotatable bonds is 6. The van der Waals surface area contributed by atoms with Crippen molar-refractivity contribution in [1.29, 1.82) is 0 Å². The van der Waals surface area contributed by atoms with Gasteiger partial charge in [-0.25, -0.2) is 0 Å². The van der Waals surface area contributed by atoms with Gasteiger partial charge in [-0.1, -0.05) is 25.1 Å². The molecule has 0 aromatic heterocycles. The number of nitrogens with zero attached hydrogens (tertiary/aromatic N) is 1. The summed E-state index contributed by atoms with van der Waals surface area (Å²) in [5, 5.41) is 5.84. The Kier molecular flexibility index (Phi) is 6.40. The van der Waals surface area contributed by atoms with E-state index in [-0.39, 0.29) is 17.7 Å². The van der Waals surface area contributed by atoms with Crippen LogP contribution in [-0.2, 0) is 9.59 Å². The highest BCUT2D eigenvalue weighted by Gasteiger charge is 2.26. The van der Waals surface area contributed by atoms with Crippen molar-refractivity contribution in [2.24, 2.45) is 5.92 Å². The predicted molar refractivity (Wildman–Crippen MR) is 87.5 cm³/mol. The highest BCUT2D eigenvalue weighted by Crippen LogP contribution is 2.18. The fourth-order valence-electron chi connectivity index (χ4n) is 2.70. The van der Waals surface area contributed by atoms with E-state index in [2.05, 4.69) is 15.5 Å². The van der Waals surface area contributed by atoms with Gasteiger partial charge < -0.3 is 10.6 Å². The van der Waals surface area contributed by atoms with Gasteiger partial charge in [-0.05, 0) is 37.9 Å². The minimum absolute atomic E-state index is 0.0462. The molecule has 1 aliphatic heterocycles. The van der Waals surface area contributed by atoms with E-state index in [9.17, 15) is 9.59 Å². The van der Waals surface area contributed by atoms with Gasteiger partial charge in [-0.3, -0.25) is 14.5 Å². The van der Waals surface area contributed by atoms with Crippen LogP contribution in [-0.4, -0.2) is 42.9 Å². The number of carbonyl (C=O) groups is 2. The minimum Gasteiger partial charge on any atom is -0.355 e. The summed E-state index contributed by atoms with van der Waals surface area (Å²) in [6, 6.07) is 9.50. The van der Waals surface area contributed by atoms with Crippen molar-refractivity contribution in [2.45, 2.75) is 26.2 Å². The molecule has 5 nitrogen and oxygen atoms in total. The Labute approximate surface area is 132 Å². The Morgan fingerprint density at radius 2 is 2.05 bits per heavy atom. The molecular weight excluding hydrogens is 278 g/mol. The quantitative estimate of drug-likeness (QED) is 0.843. The van der Waals surface area contributed by atoms with E-state index in [4.69, 9.17) is 0 Å². The van der Waals surface area contributed by atoms with E-state index in [1.54, 1.807) is 0 Å². The molecule has 1 saturated heterocycles. The Hall–Kier alpha value is -1.88. The van der Waals surface area contributed by atoms with E-state index in [1.165, 1.54) is 0 Å². The first kappa shape index (κ1) is 16.5. The maximum absolute atomic E-state index is 12.3. The van der Waals surface area contributed by atoms with Crippen LogP contribution in [0.25, 0.3) is 0 Å². The third-order valence-corrected chi connectivity index (χ3v) is 3.86. The Morgan fingerprint density at radius 1 is 1.27 bits per heavy atom. The molecule has 22 heavy (non-hydrogen) atoms. The first-order chi connectivity index (χ1) is 10.7. The fourth-order valence-corrected chi connectivity index (χ4v) is 2.70. The van der Waals surface area contributed by atoms with Gasteiger partial charge in [0.2, 0.25) is 11.8 Å². The van der Waals surface area contributed by atoms with Crippen LogP contribution in [0.15, 0.2) is 30.3 Å². The molecule has 0 bridgehead atoms. The van der Waals surface area contributed by atoms with Crippen LogP contribution < -0.4 is 10.6 Å². The van der Waals surface area contributed by atoms with Crippen molar-refractivity contribution < 1.29 is 9.59 Å². The summed E-state index contributed by atoms with van der Waals surface area (Å²) in [5.74, 6) is 0.0452. The number of benzene rings is 1. The van der Waals surface area contributed by atoms with E-state index >= 15 is 0 Å². The molecule has 1 aromatic rings. The molecule has 0 radical (unpaired) electrons. The van der Waals surface area contributed by atoms with Gasteiger partial charge in [-0.15, -0.1) is 0 Å². The first-order valence-corrected chi connectivity index (χ1v) is 8.04. The van der Waals surface area contributed by atoms with Crippen molar-refractivity contribution in [3.63, 3.8) is 0 Å². The second-order valence-electron chi connectivity index (χ2n) is 5.78. The Morgan fingerprint density at radius 3 is 2.77 bits per heavy atom. The van der Waals surface area contributed by atoms with Crippen LogP contribution in [0.5, 0.6) is 0 Å². The zero-order valence-electron chi connectivity index (χ0n) is 13.2. The van der Waals surface area contributed by atoms with Crippen molar-refractivity contribution in [1.82, 2.24) is 10.2 Å². The molecule has 1 fully saturated rings. The monoisotopic (exact) mass is 303 g/mol. The highest BCUT2D eigenvalue weighted by molar-refractivity contribution is 5.92. The lowest BCUT2D eigenvalue weighted by molar-refractivity contribution is -0.125. The SMILES string of the molecule is CCCNC(=O)CN1CCCC(C(=O)Nc2ccccc2)C1. The number of hydrogen-bond acceptors (Lipinski definition) is 3. The highest BCUT2D eigenvalue weighted by atomic mass is 16.2. The minimum atomic E-state index is -0.0482. The third kappa shape index (κ3) is 5.15. The van der Waals surface area contributed by atoms with Crippen molar-refractivity contribution in [3.05, 3.63) is 30.3 Å². The lowest BCUT2D eigenvalue weighted by Gasteiger charge is -2.31. The summed E-state index contributed by atoms with van der Waals surface area (Å²) in [6.45, 7) is 4.66. The molecule has 1 aromatic carbocycles. The molecule has 2 rings (SSSR count). The zero-order chi connectivity index (χ0) is 15.8. The maximum atomic E-state index is 12.3. The van der Waals surface area contributed by atoms with Gasteiger partial charge >= 0.3 is 0 Å². The first-order valence-electron chi connectivity index (χ1n) is 8.04. The Balaban J connectivity index is 1.82. The number of nitrogens with one attached hydrogen (secondary N) is 2. The van der Waals surface area contributed by atoms with Gasteiger partial charge in [0.15, 0.2) is 0 Å². The molecule has 5 heteroatoms. The van der Waals surface area contributed by atoms with Gasteiger partial charge in [0.05, 0.1) is 12.5 Å². The van der Waals surface area contributed by atoms with Crippen LogP contribution in [0.3, 0.4) is 0 Å². The van der Waals surface area contributed by atoms with Crippen LogP contribution >= 0.6 is 0 Å². The van der Waals surface area contributed by atoms with Crippen LogP contribution in [0.2, 0.25) is 0 Å². The Bertz CT molecular complexity index is 490. The molecule has 0 saturated carbocycles. The number of amides is 2. The molecular formula is C17H25N3O2. The predicted octanol–water partition coefficient (Wildman–Crippen LogP) is 1.86. The number of hydrogen-bond donors (Lipinski definition) is 2. The summed E-state index contributed by atoms with van der Waals surface area (Å²) in [5.41, 5.74) is 0.824. The molecule has 1 heterocycles. The molecule has 1 aliphatic rings. The second kappa shape index (κ2) is 8.54. The fraction of sp³-hybridized carbons (Fsp3) is 0.529. The third-order valence-electron chi connectivity index (χ3n) is 3.86. The van der Waals surface area contributed by atoms with E-state index in [0.29, 0.717) is 19.6 Å². The van der Waals surface area contributed by atoms with Gasteiger partial charge in [0, 0.05) is 18.8 Å². The van der Waals surface area contributed by atoms with Gasteiger partial charge in [0.25, 0.3) is 0 Å². The average molecular weight is 303 g/mol. The summed E-state index contributed by atoms with van der Waals surface area (Å²) >= 11 is 0. The number of likely N-dealkylation sites (tertiary alicyclic amines) is 1. The summed E-state index contributed by atoms with van der Waals surface area (Å²) in [6.07, 6.45) is 2.77. The summed E-state index contributed by atoms with van der Waals surface area (Å²) < 4.78 is 0. The maximum Gasteiger partial charge on any atom is 0.234 e. The number of para-hydroxylation sites is 1. The van der Waals surface area contributed by atoms with Crippen molar-refractivity contribution >= 4 is 17.5 Å². The summed E-state index contributed by atoms with van der Waals surface area (Å²) in [4.78, 5) is 26.2. The van der Waals surface area contributed by atoms with Crippen molar-refractivity contribution in [3.8, 4) is 0 Å². The van der Waals surface area contributed by atoms with E-state index in [0.717, 1.165) is 31.5 Å². The molecule has 0 spiro atoms. The van der Waals surface area contributed by atoms with Crippen molar-refractivity contribution in [2.75, 3.05) is 31.5 Å². The van der Waals surface area contributed by atoms with E-state index < -0.39 is 0 Å². The van der Waals surface area contributed by atoms with Crippen LogP contribution in [0.4, 0.5) is 5.69 Å².